The van der Waals surface area contributed by atoms with Crippen LogP contribution in [0, 0.1) is 12.7 Å². The number of pyridine rings is 3. The normalized spacial score (nSPS) is 11.4. The van der Waals surface area contributed by atoms with Crippen LogP contribution < -0.4 is 0 Å². The van der Waals surface area contributed by atoms with Crippen LogP contribution in [0.3, 0.4) is 0 Å². The molecule has 0 aliphatic carbocycles. The van der Waals surface area contributed by atoms with Gasteiger partial charge in [0.1, 0.15) is 17.0 Å². The molecule has 0 unspecified atom stereocenters. The van der Waals surface area contributed by atoms with Crippen LogP contribution in [-0.2, 0) is 0 Å². The Labute approximate surface area is 182 Å². The summed E-state index contributed by atoms with van der Waals surface area (Å²) < 4.78 is 13.8. The molecule has 0 bridgehead atoms. The molecule has 0 amide bonds. The van der Waals surface area contributed by atoms with E-state index in [4.69, 9.17) is 4.98 Å². The topological polar surface area (TPSA) is 83.1 Å². The molecule has 0 saturated heterocycles. The predicted octanol–water partition coefficient (Wildman–Crippen LogP) is 5.68. The molecule has 5 heterocycles. The first-order valence-corrected chi connectivity index (χ1v) is 10.2. The Bertz CT molecular complexity index is 1610. The van der Waals surface area contributed by atoms with E-state index in [1.54, 1.807) is 18.5 Å². The highest BCUT2D eigenvalue weighted by Crippen LogP contribution is 2.33. The summed E-state index contributed by atoms with van der Waals surface area (Å²) in [4.78, 5) is 17.0. The van der Waals surface area contributed by atoms with Crippen molar-refractivity contribution in [2.24, 2.45) is 0 Å². The van der Waals surface area contributed by atoms with Gasteiger partial charge in [-0.1, -0.05) is 12.1 Å². The van der Waals surface area contributed by atoms with Crippen molar-refractivity contribution in [2.45, 2.75) is 6.92 Å². The van der Waals surface area contributed by atoms with E-state index in [1.807, 2.05) is 49.5 Å². The zero-order chi connectivity index (χ0) is 21.7. The third kappa shape index (κ3) is 2.94. The van der Waals surface area contributed by atoms with E-state index in [1.165, 1.54) is 12.1 Å². The van der Waals surface area contributed by atoms with Gasteiger partial charge in [-0.2, -0.15) is 5.10 Å². The molecule has 154 valence electrons. The van der Waals surface area contributed by atoms with Gasteiger partial charge in [0.25, 0.3) is 0 Å². The zero-order valence-electron chi connectivity index (χ0n) is 17.1. The van der Waals surface area contributed by atoms with E-state index < -0.39 is 0 Å². The third-order valence-electron chi connectivity index (χ3n) is 5.62. The van der Waals surface area contributed by atoms with Gasteiger partial charge in [-0.25, -0.2) is 9.37 Å². The number of halogens is 1. The maximum Gasteiger partial charge on any atom is 0.135 e. The predicted molar refractivity (Wildman–Crippen MR) is 122 cm³/mol. The van der Waals surface area contributed by atoms with E-state index in [2.05, 4.69) is 25.1 Å². The summed E-state index contributed by atoms with van der Waals surface area (Å²) in [5.74, 6) is -0.294. The summed E-state index contributed by atoms with van der Waals surface area (Å²) in [6, 6.07) is 16.2. The van der Waals surface area contributed by atoms with Crippen LogP contribution in [0.25, 0.3) is 55.8 Å². The van der Waals surface area contributed by atoms with E-state index in [9.17, 15) is 4.39 Å². The first kappa shape index (κ1) is 18.4. The fourth-order valence-corrected chi connectivity index (χ4v) is 4.02. The number of benzene rings is 1. The van der Waals surface area contributed by atoms with Gasteiger partial charge in [-0.15, -0.1) is 0 Å². The molecule has 32 heavy (non-hydrogen) atoms. The summed E-state index contributed by atoms with van der Waals surface area (Å²) in [6.45, 7) is 2.04. The van der Waals surface area contributed by atoms with Gasteiger partial charge in [0.15, 0.2) is 0 Å². The summed E-state index contributed by atoms with van der Waals surface area (Å²) in [7, 11) is 0. The fourth-order valence-electron chi connectivity index (χ4n) is 4.02. The standard InChI is InChI=1S/C25H17FN6/c1-14-7-9-27-13-18(14)19-5-6-21-24(30-19)25(32-31-21)22-12-17-20(29-22)8-10-28-23(17)15-3-2-4-16(26)11-15/h2-13,29H,1H3,(H,31,32). The van der Waals surface area contributed by atoms with Crippen molar-refractivity contribution in [3.8, 4) is 33.9 Å². The largest absolute Gasteiger partial charge is 0.353 e. The molecule has 0 fully saturated rings. The Morgan fingerprint density at radius 2 is 1.84 bits per heavy atom. The molecule has 0 aliphatic heterocycles. The minimum atomic E-state index is -0.294. The smallest absolute Gasteiger partial charge is 0.135 e. The van der Waals surface area contributed by atoms with Gasteiger partial charge in [0, 0.05) is 40.6 Å². The van der Waals surface area contributed by atoms with Crippen LogP contribution in [-0.4, -0.2) is 30.1 Å². The first-order valence-electron chi connectivity index (χ1n) is 10.2. The van der Waals surface area contributed by atoms with Gasteiger partial charge < -0.3 is 4.98 Å². The van der Waals surface area contributed by atoms with E-state index in [0.29, 0.717) is 11.4 Å². The Kier molecular flexibility index (Phi) is 4.07. The molecule has 6 rings (SSSR count). The quantitative estimate of drug-likeness (QED) is 0.386. The van der Waals surface area contributed by atoms with Crippen molar-refractivity contribution in [3.05, 3.63) is 84.6 Å². The van der Waals surface area contributed by atoms with Crippen LogP contribution in [0.5, 0.6) is 0 Å². The molecule has 0 radical (unpaired) electrons. The highest BCUT2D eigenvalue weighted by molar-refractivity contribution is 5.99. The van der Waals surface area contributed by atoms with Crippen LogP contribution in [0.15, 0.2) is 73.2 Å². The fraction of sp³-hybridized carbons (Fsp3) is 0.0400. The van der Waals surface area contributed by atoms with Crippen molar-refractivity contribution in [2.75, 3.05) is 0 Å². The number of hydrogen-bond donors (Lipinski definition) is 2. The summed E-state index contributed by atoms with van der Waals surface area (Å²) >= 11 is 0. The average Bonchev–Trinajstić information content (AvgIpc) is 3.42. The molecule has 7 heteroatoms. The number of aromatic amines is 2. The lowest BCUT2D eigenvalue weighted by Gasteiger charge is -2.04. The number of aromatic nitrogens is 6. The second-order valence-corrected chi connectivity index (χ2v) is 7.67. The van der Waals surface area contributed by atoms with Crippen molar-refractivity contribution in [1.29, 1.82) is 0 Å². The Morgan fingerprint density at radius 1 is 0.906 bits per heavy atom. The Balaban J connectivity index is 1.52. The number of aryl methyl sites for hydroxylation is 1. The highest BCUT2D eigenvalue weighted by atomic mass is 19.1. The van der Waals surface area contributed by atoms with Crippen molar-refractivity contribution in [3.63, 3.8) is 0 Å². The highest BCUT2D eigenvalue weighted by Gasteiger charge is 2.16. The number of hydrogen-bond acceptors (Lipinski definition) is 4. The Morgan fingerprint density at radius 3 is 2.72 bits per heavy atom. The monoisotopic (exact) mass is 420 g/mol. The zero-order valence-corrected chi connectivity index (χ0v) is 17.1. The molecule has 0 atom stereocenters. The maximum atomic E-state index is 13.8. The first-order chi connectivity index (χ1) is 15.7. The number of nitrogens with zero attached hydrogens (tertiary/aromatic N) is 4. The molecule has 6 aromatic rings. The minimum absolute atomic E-state index is 0.294. The van der Waals surface area contributed by atoms with E-state index in [0.717, 1.165) is 50.0 Å². The number of rotatable bonds is 3. The van der Waals surface area contributed by atoms with E-state index >= 15 is 0 Å². The summed E-state index contributed by atoms with van der Waals surface area (Å²) in [5.41, 5.74) is 8.38. The molecule has 0 saturated carbocycles. The molecule has 1 aromatic carbocycles. The summed E-state index contributed by atoms with van der Waals surface area (Å²) in [5, 5.41) is 8.48. The molecule has 2 N–H and O–H groups in total. The SMILES string of the molecule is Cc1ccncc1-c1ccc2[nH]nc(-c3cc4c(-c5cccc(F)c5)nccc4[nH]3)c2n1. The molecular formula is C25H17FN6. The van der Waals surface area contributed by atoms with Crippen molar-refractivity contribution in [1.82, 2.24) is 30.1 Å². The molecule has 6 nitrogen and oxygen atoms in total. The second kappa shape index (κ2) is 7.09. The van der Waals surface area contributed by atoms with Gasteiger partial charge in [-0.05, 0) is 55.0 Å². The van der Waals surface area contributed by atoms with Crippen molar-refractivity contribution >= 4 is 21.9 Å². The average molecular weight is 420 g/mol. The van der Waals surface area contributed by atoms with Crippen LogP contribution in [0.1, 0.15) is 5.56 Å². The number of H-pyrrole nitrogens is 2. The molecule has 0 spiro atoms. The number of fused-ring (bicyclic) bond motifs is 2. The van der Waals surface area contributed by atoms with Crippen molar-refractivity contribution < 1.29 is 4.39 Å². The van der Waals surface area contributed by atoms with Gasteiger partial charge in [-0.3, -0.25) is 15.1 Å². The minimum Gasteiger partial charge on any atom is -0.353 e. The maximum absolute atomic E-state index is 13.8. The van der Waals surface area contributed by atoms with Gasteiger partial charge in [0.2, 0.25) is 0 Å². The summed E-state index contributed by atoms with van der Waals surface area (Å²) in [6.07, 6.45) is 5.31. The lowest BCUT2D eigenvalue weighted by molar-refractivity contribution is 0.628. The van der Waals surface area contributed by atoms with Crippen LogP contribution >= 0.6 is 0 Å². The van der Waals surface area contributed by atoms with E-state index in [-0.39, 0.29) is 5.82 Å². The molecule has 0 aliphatic rings. The lowest BCUT2D eigenvalue weighted by atomic mass is 10.1. The third-order valence-corrected chi connectivity index (χ3v) is 5.62. The lowest BCUT2D eigenvalue weighted by Crippen LogP contribution is -1.89. The van der Waals surface area contributed by atoms with Gasteiger partial charge >= 0.3 is 0 Å². The molecular weight excluding hydrogens is 403 g/mol. The van der Waals surface area contributed by atoms with Crippen LogP contribution in [0.2, 0.25) is 0 Å². The van der Waals surface area contributed by atoms with Crippen LogP contribution in [0.4, 0.5) is 4.39 Å². The Hall–Kier alpha value is -4.39. The number of nitrogens with one attached hydrogen (secondary N) is 2. The van der Waals surface area contributed by atoms with Gasteiger partial charge in [0.05, 0.1) is 22.6 Å². The second-order valence-electron chi connectivity index (χ2n) is 7.67. The molecule has 5 aromatic heterocycles.